The largest absolute Gasteiger partial charge is 0.346 e. The van der Waals surface area contributed by atoms with E-state index < -0.39 is 0 Å². The molecule has 4 rings (SSSR count). The molecule has 1 aliphatic heterocycles. The number of aryl methyl sites for hydroxylation is 1. The van der Waals surface area contributed by atoms with E-state index in [1.54, 1.807) is 0 Å². The SMILES string of the molecule is CC(C)Cc1ccc(CN2CCc3nnc([C@H](C)NC(=O)CCc4ccccc4)n3CC2)cc1. The van der Waals surface area contributed by atoms with Crippen LogP contribution in [0, 0.1) is 5.92 Å². The Balaban J connectivity index is 1.30. The first-order valence-electron chi connectivity index (χ1n) is 12.5. The minimum absolute atomic E-state index is 0.0462. The van der Waals surface area contributed by atoms with Gasteiger partial charge in [0.25, 0.3) is 0 Å². The zero-order valence-corrected chi connectivity index (χ0v) is 20.7. The van der Waals surface area contributed by atoms with E-state index in [9.17, 15) is 4.79 Å². The average Bonchev–Trinajstić information content (AvgIpc) is 3.14. The summed E-state index contributed by atoms with van der Waals surface area (Å²) in [7, 11) is 0. The quantitative estimate of drug-likeness (QED) is 0.517. The highest BCUT2D eigenvalue weighted by Crippen LogP contribution is 2.18. The van der Waals surface area contributed by atoms with Gasteiger partial charge in [-0.3, -0.25) is 9.69 Å². The Bertz CT molecular complexity index is 1060. The number of carbonyl (C=O) groups excluding carboxylic acids is 1. The van der Waals surface area contributed by atoms with Crippen LogP contribution >= 0.6 is 0 Å². The van der Waals surface area contributed by atoms with Gasteiger partial charge in [0.1, 0.15) is 5.82 Å². The summed E-state index contributed by atoms with van der Waals surface area (Å²) in [4.78, 5) is 15.0. The Morgan fingerprint density at radius 1 is 0.912 bits per heavy atom. The molecule has 34 heavy (non-hydrogen) atoms. The van der Waals surface area contributed by atoms with Gasteiger partial charge in [-0.1, -0.05) is 68.4 Å². The number of hydrogen-bond acceptors (Lipinski definition) is 4. The van der Waals surface area contributed by atoms with Gasteiger partial charge in [-0.05, 0) is 42.4 Å². The maximum Gasteiger partial charge on any atom is 0.220 e. The van der Waals surface area contributed by atoms with Crippen molar-refractivity contribution < 1.29 is 4.79 Å². The Labute approximate surface area is 203 Å². The van der Waals surface area contributed by atoms with Crippen molar-refractivity contribution in [2.75, 3.05) is 13.1 Å². The molecule has 2 aromatic carbocycles. The Hall–Kier alpha value is -2.99. The Kier molecular flexibility index (Phi) is 8.12. The number of nitrogens with zero attached hydrogens (tertiary/aromatic N) is 4. The molecule has 0 spiro atoms. The maximum absolute atomic E-state index is 12.5. The lowest BCUT2D eigenvalue weighted by Crippen LogP contribution is -2.30. The van der Waals surface area contributed by atoms with Crippen LogP contribution in [0.3, 0.4) is 0 Å². The number of fused-ring (bicyclic) bond motifs is 1. The van der Waals surface area contributed by atoms with Gasteiger partial charge in [-0.25, -0.2) is 0 Å². The standard InChI is InChI=1S/C28H37N5O/c1-21(2)19-24-9-11-25(12-10-24)20-32-16-15-26-30-31-28(33(26)18-17-32)22(3)29-27(34)14-13-23-7-5-4-6-8-23/h4-12,21-22H,13-20H2,1-3H3,(H,29,34)/t22-/m0/s1. The van der Waals surface area contributed by atoms with E-state index in [0.29, 0.717) is 12.3 Å². The summed E-state index contributed by atoms with van der Waals surface area (Å²) in [5.74, 6) is 2.58. The predicted octanol–water partition coefficient (Wildman–Crippen LogP) is 4.34. The van der Waals surface area contributed by atoms with Crippen molar-refractivity contribution >= 4 is 5.91 Å². The van der Waals surface area contributed by atoms with Gasteiger partial charge in [-0.15, -0.1) is 10.2 Å². The molecule has 1 amide bonds. The monoisotopic (exact) mass is 459 g/mol. The summed E-state index contributed by atoms with van der Waals surface area (Å²) in [5, 5.41) is 12.0. The van der Waals surface area contributed by atoms with Crippen LogP contribution in [0.15, 0.2) is 54.6 Å². The summed E-state index contributed by atoms with van der Waals surface area (Å²) in [6.07, 6.45) is 3.21. The fraction of sp³-hybridized carbons (Fsp3) is 0.464. The van der Waals surface area contributed by atoms with Crippen molar-refractivity contribution in [3.05, 3.63) is 82.9 Å². The summed E-state index contributed by atoms with van der Waals surface area (Å²) in [6.45, 7) is 10.2. The Morgan fingerprint density at radius 3 is 2.38 bits per heavy atom. The minimum atomic E-state index is -0.162. The smallest absolute Gasteiger partial charge is 0.220 e. The van der Waals surface area contributed by atoms with Crippen molar-refractivity contribution in [3.63, 3.8) is 0 Å². The van der Waals surface area contributed by atoms with Crippen LogP contribution in [0.2, 0.25) is 0 Å². The number of nitrogens with one attached hydrogen (secondary N) is 1. The summed E-state index contributed by atoms with van der Waals surface area (Å²) in [5.41, 5.74) is 3.94. The van der Waals surface area contributed by atoms with E-state index in [0.717, 1.165) is 57.1 Å². The highest BCUT2D eigenvalue weighted by molar-refractivity contribution is 5.76. The topological polar surface area (TPSA) is 63.1 Å². The van der Waals surface area contributed by atoms with Crippen LogP contribution in [0.25, 0.3) is 0 Å². The number of benzene rings is 2. The maximum atomic E-state index is 12.5. The second-order valence-electron chi connectivity index (χ2n) is 9.84. The third-order valence-corrected chi connectivity index (χ3v) is 6.47. The molecule has 0 bridgehead atoms. The molecule has 0 saturated heterocycles. The molecule has 1 N–H and O–H groups in total. The van der Waals surface area contributed by atoms with Crippen LogP contribution in [-0.2, 0) is 37.1 Å². The molecular formula is C28H37N5O. The first kappa shape index (κ1) is 24.1. The molecular weight excluding hydrogens is 422 g/mol. The van der Waals surface area contributed by atoms with E-state index in [1.165, 1.54) is 16.7 Å². The molecule has 180 valence electrons. The zero-order valence-electron chi connectivity index (χ0n) is 20.7. The molecule has 0 fully saturated rings. The van der Waals surface area contributed by atoms with Crippen molar-refractivity contribution in [2.24, 2.45) is 5.92 Å². The fourth-order valence-electron chi connectivity index (χ4n) is 4.66. The van der Waals surface area contributed by atoms with Crippen molar-refractivity contribution in [1.29, 1.82) is 0 Å². The summed E-state index contributed by atoms with van der Waals surface area (Å²) < 4.78 is 2.20. The summed E-state index contributed by atoms with van der Waals surface area (Å²) >= 11 is 0. The van der Waals surface area contributed by atoms with Gasteiger partial charge in [0, 0.05) is 39.0 Å². The van der Waals surface area contributed by atoms with E-state index >= 15 is 0 Å². The van der Waals surface area contributed by atoms with Gasteiger partial charge in [0.15, 0.2) is 5.82 Å². The van der Waals surface area contributed by atoms with Crippen LogP contribution in [0.1, 0.15) is 61.6 Å². The molecule has 0 unspecified atom stereocenters. The van der Waals surface area contributed by atoms with Crippen LogP contribution in [0.4, 0.5) is 0 Å². The lowest BCUT2D eigenvalue weighted by Gasteiger charge is -2.20. The normalized spacial score (nSPS) is 15.1. The van der Waals surface area contributed by atoms with E-state index in [1.807, 2.05) is 25.1 Å². The minimum Gasteiger partial charge on any atom is -0.346 e. The highest BCUT2D eigenvalue weighted by Gasteiger charge is 2.22. The fourth-order valence-corrected chi connectivity index (χ4v) is 4.66. The number of hydrogen-bond donors (Lipinski definition) is 1. The molecule has 3 aromatic rings. The lowest BCUT2D eigenvalue weighted by atomic mass is 10.0. The number of rotatable bonds is 9. The van der Waals surface area contributed by atoms with Gasteiger partial charge in [0.05, 0.1) is 6.04 Å². The number of amides is 1. The molecule has 2 heterocycles. The molecule has 0 saturated carbocycles. The third-order valence-electron chi connectivity index (χ3n) is 6.47. The molecule has 0 aliphatic carbocycles. The molecule has 0 radical (unpaired) electrons. The highest BCUT2D eigenvalue weighted by atomic mass is 16.1. The van der Waals surface area contributed by atoms with Crippen molar-refractivity contribution in [1.82, 2.24) is 25.0 Å². The second-order valence-corrected chi connectivity index (χ2v) is 9.84. The molecule has 1 aromatic heterocycles. The summed E-state index contributed by atoms with van der Waals surface area (Å²) in [6, 6.07) is 19.0. The Morgan fingerprint density at radius 2 is 1.65 bits per heavy atom. The van der Waals surface area contributed by atoms with Crippen molar-refractivity contribution in [2.45, 2.75) is 65.6 Å². The van der Waals surface area contributed by atoms with Gasteiger partial charge in [-0.2, -0.15) is 0 Å². The first-order valence-corrected chi connectivity index (χ1v) is 12.5. The van der Waals surface area contributed by atoms with Crippen molar-refractivity contribution in [3.8, 4) is 0 Å². The van der Waals surface area contributed by atoms with E-state index in [-0.39, 0.29) is 11.9 Å². The molecule has 6 heteroatoms. The van der Waals surface area contributed by atoms with E-state index in [2.05, 4.69) is 75.2 Å². The predicted molar refractivity (Wildman–Crippen MR) is 135 cm³/mol. The van der Waals surface area contributed by atoms with Gasteiger partial charge < -0.3 is 9.88 Å². The number of carbonyl (C=O) groups is 1. The molecule has 1 aliphatic rings. The molecule has 6 nitrogen and oxygen atoms in total. The van der Waals surface area contributed by atoms with Crippen LogP contribution in [0.5, 0.6) is 0 Å². The average molecular weight is 460 g/mol. The molecule has 1 atom stereocenters. The first-order chi connectivity index (χ1) is 16.5. The third kappa shape index (κ3) is 6.54. The second kappa shape index (κ2) is 11.4. The number of aromatic nitrogens is 3. The van der Waals surface area contributed by atoms with Crippen LogP contribution < -0.4 is 5.32 Å². The lowest BCUT2D eigenvalue weighted by molar-refractivity contribution is -0.121. The van der Waals surface area contributed by atoms with E-state index in [4.69, 9.17) is 0 Å². The van der Waals surface area contributed by atoms with Gasteiger partial charge >= 0.3 is 0 Å². The van der Waals surface area contributed by atoms with Crippen LogP contribution in [-0.4, -0.2) is 38.7 Å². The zero-order chi connectivity index (χ0) is 23.9. The van der Waals surface area contributed by atoms with Gasteiger partial charge in [0.2, 0.25) is 5.91 Å².